The van der Waals surface area contributed by atoms with Gasteiger partial charge in [0.15, 0.2) is 5.58 Å². The second-order valence-electron chi connectivity index (χ2n) is 3.63. The first-order chi connectivity index (χ1) is 8.25. The van der Waals surface area contributed by atoms with E-state index >= 15 is 0 Å². The third-order valence-corrected chi connectivity index (χ3v) is 3.41. The summed E-state index contributed by atoms with van der Waals surface area (Å²) in [4.78, 5) is 5.11. The molecule has 0 aliphatic heterocycles. The van der Waals surface area contributed by atoms with Crippen LogP contribution in [0.3, 0.4) is 0 Å². The maximum Gasteiger partial charge on any atom is 0.228 e. The van der Waals surface area contributed by atoms with Crippen molar-refractivity contribution in [3.63, 3.8) is 0 Å². The minimum Gasteiger partial charge on any atom is -0.436 e. The second-order valence-corrected chi connectivity index (χ2v) is 4.49. The van der Waals surface area contributed by atoms with Crippen LogP contribution in [0.25, 0.3) is 22.6 Å². The SMILES string of the molecule is Sc1cccc(-c2nc3ccccc3o2)c1Cl. The van der Waals surface area contributed by atoms with E-state index in [-0.39, 0.29) is 0 Å². The lowest BCUT2D eigenvalue weighted by Crippen LogP contribution is -1.80. The first-order valence-corrected chi connectivity index (χ1v) is 5.91. The molecule has 1 aromatic heterocycles. The summed E-state index contributed by atoms with van der Waals surface area (Å²) in [6.45, 7) is 0. The van der Waals surface area contributed by atoms with Crippen LogP contribution >= 0.6 is 24.2 Å². The normalized spacial score (nSPS) is 10.9. The molecule has 0 bridgehead atoms. The molecule has 0 saturated heterocycles. The van der Waals surface area contributed by atoms with Crippen molar-refractivity contribution < 1.29 is 4.42 Å². The highest BCUT2D eigenvalue weighted by Gasteiger charge is 2.12. The van der Waals surface area contributed by atoms with E-state index in [2.05, 4.69) is 17.6 Å². The van der Waals surface area contributed by atoms with Gasteiger partial charge in [0.1, 0.15) is 5.52 Å². The maximum absolute atomic E-state index is 6.18. The van der Waals surface area contributed by atoms with E-state index in [4.69, 9.17) is 16.0 Å². The van der Waals surface area contributed by atoms with Crippen LogP contribution in [0.5, 0.6) is 0 Å². The van der Waals surface area contributed by atoms with Gasteiger partial charge in [-0.05, 0) is 24.3 Å². The Morgan fingerprint density at radius 3 is 2.71 bits per heavy atom. The first kappa shape index (κ1) is 10.7. The van der Waals surface area contributed by atoms with E-state index in [1.807, 2.05) is 42.5 Å². The molecule has 0 amide bonds. The van der Waals surface area contributed by atoms with Crippen LogP contribution < -0.4 is 0 Å². The molecule has 3 rings (SSSR count). The van der Waals surface area contributed by atoms with Gasteiger partial charge in [-0.2, -0.15) is 0 Å². The highest BCUT2D eigenvalue weighted by atomic mass is 35.5. The van der Waals surface area contributed by atoms with Crippen LogP contribution in [0.1, 0.15) is 0 Å². The van der Waals surface area contributed by atoms with Crippen LogP contribution in [0.2, 0.25) is 5.02 Å². The number of para-hydroxylation sites is 2. The molecular formula is C13H8ClNOS. The fraction of sp³-hybridized carbons (Fsp3) is 0. The van der Waals surface area contributed by atoms with Gasteiger partial charge in [-0.3, -0.25) is 0 Å². The molecule has 0 fully saturated rings. The number of hydrogen-bond acceptors (Lipinski definition) is 3. The average molecular weight is 262 g/mol. The largest absolute Gasteiger partial charge is 0.436 e. The highest BCUT2D eigenvalue weighted by molar-refractivity contribution is 7.80. The van der Waals surface area contributed by atoms with Crippen molar-refractivity contribution in [3.05, 3.63) is 47.5 Å². The Hall–Kier alpha value is -1.45. The number of fused-ring (bicyclic) bond motifs is 1. The summed E-state index contributed by atoms with van der Waals surface area (Å²) >= 11 is 10.5. The Morgan fingerprint density at radius 1 is 1.06 bits per heavy atom. The van der Waals surface area contributed by atoms with Gasteiger partial charge >= 0.3 is 0 Å². The van der Waals surface area contributed by atoms with Crippen LogP contribution in [0, 0.1) is 0 Å². The zero-order valence-electron chi connectivity index (χ0n) is 8.72. The zero-order valence-corrected chi connectivity index (χ0v) is 10.4. The molecule has 1 heterocycles. The molecule has 0 spiro atoms. The monoisotopic (exact) mass is 261 g/mol. The summed E-state index contributed by atoms with van der Waals surface area (Å²) in [6, 6.07) is 13.2. The molecule has 2 nitrogen and oxygen atoms in total. The lowest BCUT2D eigenvalue weighted by Gasteiger charge is -2.01. The van der Waals surface area contributed by atoms with Crippen molar-refractivity contribution in [1.29, 1.82) is 0 Å². The van der Waals surface area contributed by atoms with Crippen LogP contribution in [0.4, 0.5) is 0 Å². The number of benzene rings is 2. The molecule has 0 radical (unpaired) electrons. The maximum atomic E-state index is 6.18. The first-order valence-electron chi connectivity index (χ1n) is 5.09. The van der Waals surface area contributed by atoms with Gasteiger partial charge in [-0.15, -0.1) is 12.6 Å². The molecule has 17 heavy (non-hydrogen) atoms. The third-order valence-electron chi connectivity index (χ3n) is 2.50. The number of halogens is 1. The van der Waals surface area contributed by atoms with Crippen LogP contribution in [-0.2, 0) is 0 Å². The minimum atomic E-state index is 0.520. The summed E-state index contributed by atoms with van der Waals surface area (Å²) in [5.74, 6) is 0.520. The Balaban J connectivity index is 2.24. The number of rotatable bonds is 1. The fourth-order valence-corrected chi connectivity index (χ4v) is 2.09. The van der Waals surface area contributed by atoms with Crippen molar-refractivity contribution in [3.8, 4) is 11.5 Å². The molecule has 0 saturated carbocycles. The average Bonchev–Trinajstić information content (AvgIpc) is 2.76. The summed E-state index contributed by atoms with van der Waals surface area (Å²) in [5, 5.41) is 0.558. The number of oxazole rings is 1. The second kappa shape index (κ2) is 4.09. The summed E-state index contributed by atoms with van der Waals surface area (Å²) in [6.07, 6.45) is 0. The van der Waals surface area contributed by atoms with Gasteiger partial charge in [-0.25, -0.2) is 4.98 Å². The highest BCUT2D eigenvalue weighted by Crippen LogP contribution is 2.33. The van der Waals surface area contributed by atoms with Crippen molar-refractivity contribution in [2.24, 2.45) is 0 Å². The number of hydrogen-bond donors (Lipinski definition) is 1. The molecular weight excluding hydrogens is 254 g/mol. The summed E-state index contributed by atoms with van der Waals surface area (Å²) < 4.78 is 5.66. The van der Waals surface area contributed by atoms with Crippen LogP contribution in [-0.4, -0.2) is 4.98 Å². The predicted molar refractivity (Wildman–Crippen MR) is 71.7 cm³/mol. The van der Waals surface area contributed by atoms with Crippen molar-refractivity contribution in [2.45, 2.75) is 4.90 Å². The van der Waals surface area contributed by atoms with Gasteiger partial charge in [0.2, 0.25) is 5.89 Å². The summed E-state index contributed by atoms with van der Waals surface area (Å²) in [7, 11) is 0. The Kier molecular flexibility index (Phi) is 2.57. The number of nitrogens with zero attached hydrogens (tertiary/aromatic N) is 1. The van der Waals surface area contributed by atoms with E-state index in [0.717, 1.165) is 16.7 Å². The van der Waals surface area contributed by atoms with E-state index in [9.17, 15) is 0 Å². The van der Waals surface area contributed by atoms with Crippen LogP contribution in [0.15, 0.2) is 51.8 Å². The predicted octanol–water partition coefficient (Wildman–Crippen LogP) is 4.44. The molecule has 0 aliphatic carbocycles. The van der Waals surface area contributed by atoms with Gasteiger partial charge in [-0.1, -0.05) is 29.8 Å². The minimum absolute atomic E-state index is 0.520. The molecule has 0 unspecified atom stereocenters. The lowest BCUT2D eigenvalue weighted by atomic mass is 10.2. The molecule has 0 aliphatic rings. The molecule has 4 heteroatoms. The van der Waals surface area contributed by atoms with Gasteiger partial charge in [0.05, 0.1) is 10.6 Å². The quantitative estimate of drug-likeness (QED) is 0.656. The van der Waals surface area contributed by atoms with Gasteiger partial charge in [0.25, 0.3) is 0 Å². The lowest BCUT2D eigenvalue weighted by molar-refractivity contribution is 0.619. The summed E-state index contributed by atoms with van der Waals surface area (Å²) in [5.41, 5.74) is 2.33. The van der Waals surface area contributed by atoms with E-state index in [1.165, 1.54) is 0 Å². The van der Waals surface area contributed by atoms with E-state index in [1.54, 1.807) is 0 Å². The smallest absolute Gasteiger partial charge is 0.228 e. The van der Waals surface area contributed by atoms with Gasteiger partial charge < -0.3 is 4.42 Å². The molecule has 0 N–H and O–H groups in total. The zero-order chi connectivity index (χ0) is 11.8. The topological polar surface area (TPSA) is 26.0 Å². The van der Waals surface area contributed by atoms with Gasteiger partial charge in [0, 0.05) is 4.90 Å². The number of thiol groups is 1. The molecule has 3 aromatic rings. The Bertz CT molecular complexity index is 660. The standard InChI is InChI=1S/C13H8ClNOS/c14-12-8(4-3-7-11(12)17)13-15-9-5-1-2-6-10(9)16-13/h1-7,17H. The Morgan fingerprint density at radius 2 is 1.88 bits per heavy atom. The third kappa shape index (κ3) is 1.81. The van der Waals surface area contributed by atoms with Crippen molar-refractivity contribution in [2.75, 3.05) is 0 Å². The molecule has 84 valence electrons. The Labute approximate surface area is 109 Å². The van der Waals surface area contributed by atoms with Crippen molar-refractivity contribution >= 4 is 35.3 Å². The molecule has 2 aromatic carbocycles. The van der Waals surface area contributed by atoms with Crippen molar-refractivity contribution in [1.82, 2.24) is 4.98 Å². The number of aromatic nitrogens is 1. The van der Waals surface area contributed by atoms with E-state index < -0.39 is 0 Å². The van der Waals surface area contributed by atoms with E-state index in [0.29, 0.717) is 15.8 Å². The molecule has 0 atom stereocenters. The fourth-order valence-electron chi connectivity index (χ4n) is 1.67.